The number of rotatable bonds is 8. The van der Waals surface area contributed by atoms with Gasteiger partial charge in [-0.2, -0.15) is 0 Å². The molecule has 182 valence electrons. The van der Waals surface area contributed by atoms with Gasteiger partial charge < -0.3 is 10.2 Å². The molecule has 3 aromatic rings. The Balaban J connectivity index is 1.23. The number of benzene rings is 2. The van der Waals surface area contributed by atoms with Gasteiger partial charge >= 0.3 is 0 Å². The first-order valence-electron chi connectivity index (χ1n) is 11.8. The minimum Gasteiger partial charge on any atom is -0.352 e. The van der Waals surface area contributed by atoms with Gasteiger partial charge in [-0.25, -0.2) is 4.39 Å². The lowest BCUT2D eigenvalue weighted by Crippen LogP contribution is -2.51. The van der Waals surface area contributed by atoms with E-state index in [2.05, 4.69) is 20.4 Å². The van der Waals surface area contributed by atoms with Crippen molar-refractivity contribution in [2.24, 2.45) is 0 Å². The highest BCUT2D eigenvalue weighted by molar-refractivity contribution is 7.99. The molecule has 1 aliphatic heterocycles. The summed E-state index contributed by atoms with van der Waals surface area (Å²) < 4.78 is 16.3. The van der Waals surface area contributed by atoms with Crippen LogP contribution in [0.1, 0.15) is 12.8 Å². The molecule has 1 saturated heterocycles. The predicted octanol–water partition coefficient (Wildman–Crippen LogP) is 2.59. The predicted molar refractivity (Wildman–Crippen MR) is 132 cm³/mol. The average molecular weight is 495 g/mol. The second-order valence-corrected chi connectivity index (χ2v) is 9.69. The number of halogens is 1. The van der Waals surface area contributed by atoms with E-state index in [4.69, 9.17) is 0 Å². The Labute approximate surface area is 207 Å². The molecule has 1 aromatic heterocycles. The van der Waals surface area contributed by atoms with E-state index in [9.17, 15) is 14.0 Å². The normalized spacial score (nSPS) is 16.3. The maximum atomic E-state index is 14.5. The minimum absolute atomic E-state index is 0.00661. The van der Waals surface area contributed by atoms with Crippen LogP contribution in [0.4, 0.5) is 4.39 Å². The minimum atomic E-state index is -0.381. The second-order valence-electron chi connectivity index (χ2n) is 8.74. The number of para-hydroxylation sites is 1. The molecule has 0 radical (unpaired) electrons. The third-order valence-electron chi connectivity index (χ3n) is 6.12. The van der Waals surface area contributed by atoms with Crippen molar-refractivity contribution in [1.29, 1.82) is 0 Å². The van der Waals surface area contributed by atoms with Crippen molar-refractivity contribution in [2.75, 3.05) is 38.5 Å². The Bertz CT molecular complexity index is 1190. The van der Waals surface area contributed by atoms with Crippen LogP contribution in [-0.4, -0.2) is 80.9 Å². The fourth-order valence-electron chi connectivity index (χ4n) is 4.07. The van der Waals surface area contributed by atoms with Crippen molar-refractivity contribution in [1.82, 2.24) is 29.9 Å². The summed E-state index contributed by atoms with van der Waals surface area (Å²) in [4.78, 5) is 28.9. The van der Waals surface area contributed by atoms with Crippen molar-refractivity contribution in [3.63, 3.8) is 0 Å². The van der Waals surface area contributed by atoms with Crippen LogP contribution < -0.4 is 5.32 Å². The smallest absolute Gasteiger partial charge is 0.234 e. The van der Waals surface area contributed by atoms with E-state index < -0.39 is 0 Å². The van der Waals surface area contributed by atoms with Gasteiger partial charge in [0, 0.05) is 37.9 Å². The van der Waals surface area contributed by atoms with Gasteiger partial charge in [-0.05, 0) is 37.1 Å². The molecule has 10 heteroatoms. The standard InChI is InChI=1S/C25H27FN6O2S/c26-21-9-5-4-8-20(21)24-28-29-25(32(24)19-6-2-1-3-7-19)35-17-23(34)31-14-12-30(13-15-31)16-22(33)27-18-10-11-18/h1-9,18H,10-17H2,(H,27,33). The summed E-state index contributed by atoms with van der Waals surface area (Å²) in [6, 6.07) is 16.3. The molecule has 2 aromatic carbocycles. The highest BCUT2D eigenvalue weighted by atomic mass is 32.2. The molecule has 2 amide bonds. The van der Waals surface area contributed by atoms with Crippen molar-refractivity contribution in [3.8, 4) is 17.1 Å². The molecule has 2 fully saturated rings. The maximum absolute atomic E-state index is 14.5. The number of carbonyl (C=O) groups is 2. The van der Waals surface area contributed by atoms with Crippen LogP contribution in [0.2, 0.25) is 0 Å². The summed E-state index contributed by atoms with van der Waals surface area (Å²) in [6.45, 7) is 2.90. The average Bonchev–Trinajstić information content (AvgIpc) is 3.59. The third-order valence-corrected chi connectivity index (χ3v) is 7.04. The first-order chi connectivity index (χ1) is 17.1. The number of aromatic nitrogens is 3. The zero-order chi connectivity index (χ0) is 24.2. The molecule has 0 spiro atoms. The molecule has 0 unspecified atom stereocenters. The lowest BCUT2D eigenvalue weighted by molar-refractivity contribution is -0.130. The van der Waals surface area contributed by atoms with Crippen LogP contribution in [0, 0.1) is 5.82 Å². The highest BCUT2D eigenvalue weighted by Crippen LogP contribution is 2.29. The Hall–Kier alpha value is -3.24. The number of piperazine rings is 1. The summed E-state index contributed by atoms with van der Waals surface area (Å²) in [7, 11) is 0. The molecule has 0 bridgehead atoms. The van der Waals surface area contributed by atoms with E-state index in [0.717, 1.165) is 18.5 Å². The topological polar surface area (TPSA) is 83.4 Å². The molecule has 1 aliphatic carbocycles. The Morgan fingerprint density at radius 1 is 0.971 bits per heavy atom. The molecule has 1 saturated carbocycles. The quantitative estimate of drug-likeness (QED) is 0.485. The largest absolute Gasteiger partial charge is 0.352 e. The number of thioether (sulfide) groups is 1. The number of hydrogen-bond donors (Lipinski definition) is 1. The van der Waals surface area contributed by atoms with Gasteiger partial charge in [-0.3, -0.25) is 19.1 Å². The highest BCUT2D eigenvalue weighted by Gasteiger charge is 2.27. The first kappa shape index (κ1) is 23.5. The van der Waals surface area contributed by atoms with E-state index in [0.29, 0.717) is 55.3 Å². The van der Waals surface area contributed by atoms with E-state index in [1.54, 1.807) is 22.8 Å². The molecule has 5 rings (SSSR count). The third kappa shape index (κ3) is 5.71. The van der Waals surface area contributed by atoms with Crippen LogP contribution in [-0.2, 0) is 9.59 Å². The Morgan fingerprint density at radius 2 is 1.69 bits per heavy atom. The number of nitrogens with one attached hydrogen (secondary N) is 1. The van der Waals surface area contributed by atoms with E-state index in [-0.39, 0.29) is 23.4 Å². The van der Waals surface area contributed by atoms with Crippen LogP contribution in [0.3, 0.4) is 0 Å². The first-order valence-corrected chi connectivity index (χ1v) is 12.7. The van der Waals surface area contributed by atoms with Crippen LogP contribution >= 0.6 is 11.8 Å². The summed E-state index contributed by atoms with van der Waals surface area (Å²) in [6.07, 6.45) is 2.15. The van der Waals surface area contributed by atoms with Crippen molar-refractivity contribution < 1.29 is 14.0 Å². The molecular weight excluding hydrogens is 467 g/mol. The second kappa shape index (κ2) is 10.6. The van der Waals surface area contributed by atoms with Crippen LogP contribution in [0.5, 0.6) is 0 Å². The Morgan fingerprint density at radius 3 is 2.40 bits per heavy atom. The SMILES string of the molecule is O=C(CN1CCN(C(=O)CSc2nnc(-c3ccccc3F)n2-c2ccccc2)CC1)NC1CC1. The number of hydrogen-bond acceptors (Lipinski definition) is 6. The van der Waals surface area contributed by atoms with Crippen LogP contribution in [0.25, 0.3) is 17.1 Å². The monoisotopic (exact) mass is 494 g/mol. The van der Waals surface area contributed by atoms with Gasteiger partial charge in [0.1, 0.15) is 5.82 Å². The summed E-state index contributed by atoms with van der Waals surface area (Å²) in [5, 5.41) is 12.1. The van der Waals surface area contributed by atoms with E-state index >= 15 is 0 Å². The number of amides is 2. The summed E-state index contributed by atoms with van der Waals surface area (Å²) in [5.41, 5.74) is 1.15. The van der Waals surface area contributed by atoms with E-state index in [1.165, 1.54) is 17.8 Å². The zero-order valence-electron chi connectivity index (χ0n) is 19.3. The van der Waals surface area contributed by atoms with Gasteiger partial charge in [-0.1, -0.05) is 42.1 Å². The van der Waals surface area contributed by atoms with Crippen LogP contribution in [0.15, 0.2) is 59.8 Å². The van der Waals surface area contributed by atoms with Gasteiger partial charge in [0.15, 0.2) is 11.0 Å². The van der Waals surface area contributed by atoms with Crippen molar-refractivity contribution >= 4 is 23.6 Å². The van der Waals surface area contributed by atoms with Gasteiger partial charge in [0.05, 0.1) is 17.9 Å². The molecule has 35 heavy (non-hydrogen) atoms. The maximum Gasteiger partial charge on any atom is 0.234 e. The molecule has 8 nitrogen and oxygen atoms in total. The molecule has 2 heterocycles. The number of nitrogens with zero attached hydrogens (tertiary/aromatic N) is 5. The summed E-state index contributed by atoms with van der Waals surface area (Å²) >= 11 is 1.29. The van der Waals surface area contributed by atoms with Crippen molar-refractivity contribution in [2.45, 2.75) is 24.0 Å². The summed E-state index contributed by atoms with van der Waals surface area (Å²) in [5.74, 6) is 0.279. The van der Waals surface area contributed by atoms with Gasteiger partial charge in [-0.15, -0.1) is 10.2 Å². The molecule has 0 atom stereocenters. The fraction of sp³-hybridized carbons (Fsp3) is 0.360. The number of carbonyl (C=O) groups excluding carboxylic acids is 2. The lowest BCUT2D eigenvalue weighted by atomic mass is 10.2. The van der Waals surface area contributed by atoms with Crippen molar-refractivity contribution in [3.05, 3.63) is 60.4 Å². The van der Waals surface area contributed by atoms with Gasteiger partial charge in [0.25, 0.3) is 0 Å². The zero-order valence-corrected chi connectivity index (χ0v) is 20.1. The Kier molecular flexibility index (Phi) is 7.10. The molecule has 2 aliphatic rings. The molecule has 1 N–H and O–H groups in total. The fourth-order valence-corrected chi connectivity index (χ4v) is 4.92. The van der Waals surface area contributed by atoms with E-state index in [1.807, 2.05) is 35.2 Å². The lowest BCUT2D eigenvalue weighted by Gasteiger charge is -2.34. The molecular formula is C25H27FN6O2S. The van der Waals surface area contributed by atoms with Gasteiger partial charge in [0.2, 0.25) is 11.8 Å².